The number of benzene rings is 2. The molecular weight excluding hydrogens is 384 g/mol. The van der Waals surface area contributed by atoms with Gasteiger partial charge in [-0.3, -0.25) is 0 Å². The maximum Gasteiger partial charge on any atom is 0.338 e. The average Bonchev–Trinajstić information content (AvgIpc) is 3.23. The smallest absolute Gasteiger partial charge is 0.338 e. The van der Waals surface area contributed by atoms with E-state index in [9.17, 15) is 9.59 Å². The number of nitrogens with one attached hydrogen (secondary N) is 2. The van der Waals surface area contributed by atoms with E-state index in [1.54, 1.807) is 31.2 Å². The molecule has 0 fully saturated rings. The largest absolute Gasteiger partial charge is 0.449 e. The van der Waals surface area contributed by atoms with Gasteiger partial charge in [0.05, 0.1) is 5.56 Å². The van der Waals surface area contributed by atoms with Crippen molar-refractivity contribution in [1.29, 1.82) is 0 Å². The highest BCUT2D eigenvalue weighted by atomic mass is 16.6. The molecule has 2 aromatic carbocycles. The molecule has 1 atom stereocenters. The Bertz CT molecular complexity index is 984. The second-order valence-electron chi connectivity index (χ2n) is 7.04. The molecule has 2 N–H and O–H groups in total. The van der Waals surface area contributed by atoms with Crippen molar-refractivity contribution in [3.63, 3.8) is 0 Å². The minimum Gasteiger partial charge on any atom is -0.449 e. The Kier molecular flexibility index (Phi) is 6.79. The molecule has 3 rings (SSSR count). The minimum atomic E-state index is -0.691. The molecule has 0 aliphatic heterocycles. The summed E-state index contributed by atoms with van der Waals surface area (Å²) in [6, 6.07) is 16.0. The van der Waals surface area contributed by atoms with Crippen LogP contribution in [0.4, 0.5) is 4.79 Å². The molecule has 0 saturated carbocycles. The summed E-state index contributed by atoms with van der Waals surface area (Å²) < 4.78 is 11.1. The average molecular weight is 408 g/mol. The third kappa shape index (κ3) is 5.66. The van der Waals surface area contributed by atoms with Gasteiger partial charge in [-0.2, -0.15) is 0 Å². The lowest BCUT2D eigenvalue weighted by Gasteiger charge is -2.11. The molecule has 0 aliphatic rings. The van der Waals surface area contributed by atoms with Gasteiger partial charge < -0.3 is 19.8 Å². The molecular formula is C22H24N4O4. The van der Waals surface area contributed by atoms with Crippen molar-refractivity contribution in [2.45, 2.75) is 39.5 Å². The summed E-state index contributed by atoms with van der Waals surface area (Å²) in [6.45, 7) is 5.80. The van der Waals surface area contributed by atoms with Crippen LogP contribution in [-0.4, -0.2) is 28.2 Å². The Balaban J connectivity index is 1.55. The van der Waals surface area contributed by atoms with E-state index in [2.05, 4.69) is 20.8 Å². The van der Waals surface area contributed by atoms with Crippen LogP contribution in [0.1, 0.15) is 48.7 Å². The van der Waals surface area contributed by atoms with E-state index in [1.165, 1.54) is 0 Å². The fourth-order valence-corrected chi connectivity index (χ4v) is 2.63. The number of urea groups is 1. The maximum atomic E-state index is 12.4. The van der Waals surface area contributed by atoms with Crippen LogP contribution in [-0.2, 0) is 11.3 Å². The SMILES string of the molecule is CC(C)NC(=O)NCc1ccc(C(=O)O[C@@H](C)c2nnc(-c3ccccc3)o2)cc1. The molecule has 0 saturated heterocycles. The van der Waals surface area contributed by atoms with Crippen LogP contribution < -0.4 is 10.6 Å². The molecule has 0 aliphatic carbocycles. The summed E-state index contributed by atoms with van der Waals surface area (Å²) >= 11 is 0. The Hall–Kier alpha value is -3.68. The summed E-state index contributed by atoms with van der Waals surface area (Å²) in [7, 11) is 0. The van der Waals surface area contributed by atoms with Crippen LogP contribution in [0.25, 0.3) is 11.5 Å². The molecule has 0 radical (unpaired) electrons. The minimum absolute atomic E-state index is 0.0618. The number of carbonyl (C=O) groups excluding carboxylic acids is 2. The van der Waals surface area contributed by atoms with Crippen molar-refractivity contribution in [2.75, 3.05) is 0 Å². The molecule has 0 spiro atoms. The zero-order chi connectivity index (χ0) is 21.5. The molecule has 156 valence electrons. The Labute approximate surface area is 174 Å². The van der Waals surface area contributed by atoms with Crippen LogP contribution in [0.2, 0.25) is 0 Å². The molecule has 3 aromatic rings. The van der Waals surface area contributed by atoms with Gasteiger partial charge in [0.15, 0.2) is 6.10 Å². The van der Waals surface area contributed by atoms with E-state index in [-0.39, 0.29) is 18.0 Å². The first-order valence-electron chi connectivity index (χ1n) is 9.65. The molecule has 0 bridgehead atoms. The lowest BCUT2D eigenvalue weighted by atomic mass is 10.1. The van der Waals surface area contributed by atoms with Gasteiger partial charge >= 0.3 is 12.0 Å². The topological polar surface area (TPSA) is 106 Å². The quantitative estimate of drug-likeness (QED) is 0.575. The fraction of sp³-hybridized carbons (Fsp3) is 0.273. The third-order valence-corrected chi connectivity index (χ3v) is 4.16. The number of ether oxygens (including phenoxy) is 1. The summed E-state index contributed by atoms with van der Waals surface area (Å²) in [5.41, 5.74) is 2.05. The number of hydrogen-bond donors (Lipinski definition) is 2. The van der Waals surface area contributed by atoms with Crippen molar-refractivity contribution >= 4 is 12.0 Å². The monoisotopic (exact) mass is 408 g/mol. The second-order valence-corrected chi connectivity index (χ2v) is 7.04. The van der Waals surface area contributed by atoms with Crippen molar-refractivity contribution in [3.05, 3.63) is 71.6 Å². The molecule has 8 heteroatoms. The summed E-state index contributed by atoms with van der Waals surface area (Å²) in [5.74, 6) is 0.0880. The van der Waals surface area contributed by atoms with Gasteiger partial charge in [0.1, 0.15) is 0 Å². The van der Waals surface area contributed by atoms with E-state index < -0.39 is 12.1 Å². The van der Waals surface area contributed by atoms with Crippen LogP contribution in [0.15, 0.2) is 59.0 Å². The summed E-state index contributed by atoms with van der Waals surface area (Å²) in [6.07, 6.45) is -0.691. The second kappa shape index (κ2) is 9.69. The number of rotatable bonds is 7. The van der Waals surface area contributed by atoms with Gasteiger partial charge in [-0.25, -0.2) is 9.59 Å². The number of hydrogen-bond acceptors (Lipinski definition) is 6. The van der Waals surface area contributed by atoms with Gasteiger partial charge in [-0.05, 0) is 50.6 Å². The van der Waals surface area contributed by atoms with Crippen molar-refractivity contribution < 1.29 is 18.7 Å². The van der Waals surface area contributed by atoms with E-state index in [4.69, 9.17) is 9.15 Å². The van der Waals surface area contributed by atoms with Crippen LogP contribution >= 0.6 is 0 Å². The zero-order valence-electron chi connectivity index (χ0n) is 17.1. The van der Waals surface area contributed by atoms with E-state index in [0.29, 0.717) is 18.0 Å². The van der Waals surface area contributed by atoms with Gasteiger partial charge in [-0.15, -0.1) is 10.2 Å². The number of carbonyl (C=O) groups is 2. The van der Waals surface area contributed by atoms with E-state index in [1.807, 2.05) is 44.2 Å². The summed E-state index contributed by atoms with van der Waals surface area (Å²) in [5, 5.41) is 13.5. The molecule has 30 heavy (non-hydrogen) atoms. The van der Waals surface area contributed by atoms with Gasteiger partial charge in [0, 0.05) is 18.2 Å². The first kappa shape index (κ1) is 21.0. The lowest BCUT2D eigenvalue weighted by molar-refractivity contribution is 0.0280. The van der Waals surface area contributed by atoms with Crippen LogP contribution in [0, 0.1) is 0 Å². The van der Waals surface area contributed by atoms with Crippen molar-refractivity contribution in [2.24, 2.45) is 0 Å². The standard InChI is InChI=1S/C22H24N4O4/c1-14(2)24-22(28)23-13-16-9-11-18(12-10-16)21(27)29-15(3)19-25-26-20(30-19)17-7-5-4-6-8-17/h4-12,14-15H,13H2,1-3H3,(H2,23,24,28)/t15-/m0/s1. The van der Waals surface area contributed by atoms with Crippen LogP contribution in [0.3, 0.4) is 0 Å². The van der Waals surface area contributed by atoms with Gasteiger partial charge in [0.2, 0.25) is 5.89 Å². The third-order valence-electron chi connectivity index (χ3n) is 4.16. The predicted molar refractivity (Wildman–Crippen MR) is 111 cm³/mol. The predicted octanol–water partition coefficient (Wildman–Crippen LogP) is 3.86. The van der Waals surface area contributed by atoms with E-state index in [0.717, 1.165) is 11.1 Å². The van der Waals surface area contributed by atoms with Gasteiger partial charge in [0.25, 0.3) is 5.89 Å². The number of aromatic nitrogens is 2. The van der Waals surface area contributed by atoms with E-state index >= 15 is 0 Å². The number of nitrogens with zero attached hydrogens (tertiary/aromatic N) is 2. The first-order chi connectivity index (χ1) is 14.4. The Morgan fingerprint density at radius 3 is 2.37 bits per heavy atom. The highest BCUT2D eigenvalue weighted by Gasteiger charge is 2.20. The molecule has 0 unspecified atom stereocenters. The Morgan fingerprint density at radius 2 is 1.70 bits per heavy atom. The number of esters is 1. The van der Waals surface area contributed by atoms with Crippen molar-refractivity contribution in [3.8, 4) is 11.5 Å². The maximum absolute atomic E-state index is 12.4. The van der Waals surface area contributed by atoms with Crippen molar-refractivity contribution in [1.82, 2.24) is 20.8 Å². The molecule has 8 nitrogen and oxygen atoms in total. The zero-order valence-corrected chi connectivity index (χ0v) is 17.1. The molecule has 2 amide bonds. The summed E-state index contributed by atoms with van der Waals surface area (Å²) in [4.78, 5) is 24.0. The number of amides is 2. The normalized spacial score (nSPS) is 11.7. The Morgan fingerprint density at radius 1 is 1.00 bits per heavy atom. The lowest BCUT2D eigenvalue weighted by Crippen LogP contribution is -2.39. The van der Waals surface area contributed by atoms with Crippen LogP contribution in [0.5, 0.6) is 0 Å². The first-order valence-corrected chi connectivity index (χ1v) is 9.65. The highest BCUT2D eigenvalue weighted by molar-refractivity contribution is 5.89. The highest BCUT2D eigenvalue weighted by Crippen LogP contribution is 2.23. The molecule has 1 heterocycles. The molecule has 1 aromatic heterocycles. The fourth-order valence-electron chi connectivity index (χ4n) is 2.63. The van der Waals surface area contributed by atoms with Gasteiger partial charge in [-0.1, -0.05) is 30.3 Å².